The molecule has 0 fully saturated rings. The van der Waals surface area contributed by atoms with Gasteiger partial charge in [0.1, 0.15) is 0 Å². The fraction of sp³-hybridized carbons (Fsp3) is 0.250. The standard InChI is InChI=1S/C20H22N4O/c1-2-3-6-16-9-11-17(12-10-16)15-20(25)22-18-7-4-5-8-19(18)24-14-13-21-23-24/h4-5,7-14H,2-3,6,15H2,1H3,(H,22,25). The molecular formula is C20H22N4O. The number of carbonyl (C=O) groups excluding carboxylic acids is 1. The number of hydrogen-bond acceptors (Lipinski definition) is 3. The van der Waals surface area contributed by atoms with Crippen LogP contribution in [0.5, 0.6) is 0 Å². The zero-order valence-corrected chi connectivity index (χ0v) is 14.4. The van der Waals surface area contributed by atoms with Crippen LogP contribution in [0.15, 0.2) is 60.9 Å². The van der Waals surface area contributed by atoms with Crippen molar-refractivity contribution < 1.29 is 4.79 Å². The van der Waals surface area contributed by atoms with E-state index in [0.717, 1.165) is 23.4 Å². The molecule has 0 atom stereocenters. The number of aryl methyl sites for hydroxylation is 1. The van der Waals surface area contributed by atoms with Gasteiger partial charge in [0, 0.05) is 0 Å². The van der Waals surface area contributed by atoms with Crippen molar-refractivity contribution >= 4 is 11.6 Å². The Morgan fingerprint density at radius 2 is 1.84 bits per heavy atom. The summed E-state index contributed by atoms with van der Waals surface area (Å²) in [4.78, 5) is 12.4. The summed E-state index contributed by atoms with van der Waals surface area (Å²) < 4.78 is 1.64. The maximum atomic E-state index is 12.4. The molecule has 2 aromatic carbocycles. The van der Waals surface area contributed by atoms with Crippen LogP contribution < -0.4 is 5.32 Å². The number of amides is 1. The van der Waals surface area contributed by atoms with E-state index in [1.165, 1.54) is 18.4 Å². The van der Waals surface area contributed by atoms with E-state index in [2.05, 4.69) is 34.7 Å². The molecule has 3 aromatic rings. The van der Waals surface area contributed by atoms with Gasteiger partial charge < -0.3 is 5.32 Å². The Balaban J connectivity index is 1.65. The molecule has 25 heavy (non-hydrogen) atoms. The van der Waals surface area contributed by atoms with Crippen LogP contribution in [0, 0.1) is 0 Å². The zero-order valence-electron chi connectivity index (χ0n) is 14.4. The molecule has 3 rings (SSSR count). The molecule has 0 saturated heterocycles. The van der Waals surface area contributed by atoms with E-state index in [0.29, 0.717) is 6.42 Å². The number of benzene rings is 2. The summed E-state index contributed by atoms with van der Waals surface area (Å²) >= 11 is 0. The summed E-state index contributed by atoms with van der Waals surface area (Å²) in [6.07, 6.45) is 7.18. The predicted molar refractivity (Wildman–Crippen MR) is 98.7 cm³/mol. The lowest BCUT2D eigenvalue weighted by molar-refractivity contribution is -0.115. The molecule has 1 N–H and O–H groups in total. The van der Waals surface area contributed by atoms with Crippen LogP contribution in [0.25, 0.3) is 5.69 Å². The fourth-order valence-corrected chi connectivity index (χ4v) is 2.70. The van der Waals surface area contributed by atoms with Crippen molar-refractivity contribution in [3.8, 4) is 5.69 Å². The van der Waals surface area contributed by atoms with Crippen LogP contribution >= 0.6 is 0 Å². The maximum Gasteiger partial charge on any atom is 0.228 e. The van der Waals surface area contributed by atoms with Gasteiger partial charge in [0.15, 0.2) is 0 Å². The molecule has 0 saturated carbocycles. The normalized spacial score (nSPS) is 10.6. The van der Waals surface area contributed by atoms with Crippen molar-refractivity contribution in [2.45, 2.75) is 32.6 Å². The van der Waals surface area contributed by atoms with Gasteiger partial charge >= 0.3 is 0 Å². The number of rotatable bonds is 7. The first-order valence-corrected chi connectivity index (χ1v) is 8.59. The lowest BCUT2D eigenvalue weighted by Crippen LogP contribution is -2.16. The number of anilines is 1. The number of para-hydroxylation sites is 2. The molecular weight excluding hydrogens is 312 g/mol. The number of nitrogens with zero attached hydrogens (tertiary/aromatic N) is 3. The number of hydrogen-bond donors (Lipinski definition) is 1. The zero-order chi connectivity index (χ0) is 17.5. The van der Waals surface area contributed by atoms with Crippen LogP contribution in [0.1, 0.15) is 30.9 Å². The molecule has 0 radical (unpaired) electrons. The molecule has 5 nitrogen and oxygen atoms in total. The molecule has 0 aliphatic carbocycles. The molecule has 128 valence electrons. The van der Waals surface area contributed by atoms with Gasteiger partial charge in [-0.1, -0.05) is 55.0 Å². The molecule has 1 aromatic heterocycles. The highest BCUT2D eigenvalue weighted by Gasteiger charge is 2.09. The average molecular weight is 334 g/mol. The largest absolute Gasteiger partial charge is 0.324 e. The SMILES string of the molecule is CCCCc1ccc(CC(=O)Nc2ccccc2-n2ccnn2)cc1. The van der Waals surface area contributed by atoms with Crippen LogP contribution in [-0.2, 0) is 17.6 Å². The van der Waals surface area contributed by atoms with Gasteiger partial charge in [-0.3, -0.25) is 4.79 Å². The fourth-order valence-electron chi connectivity index (χ4n) is 2.70. The van der Waals surface area contributed by atoms with Crippen molar-refractivity contribution in [1.82, 2.24) is 15.0 Å². The maximum absolute atomic E-state index is 12.4. The van der Waals surface area contributed by atoms with Crippen LogP contribution in [0.2, 0.25) is 0 Å². The summed E-state index contributed by atoms with van der Waals surface area (Å²) in [6.45, 7) is 2.19. The first-order valence-electron chi connectivity index (χ1n) is 8.59. The smallest absolute Gasteiger partial charge is 0.228 e. The number of nitrogens with one attached hydrogen (secondary N) is 1. The highest BCUT2D eigenvalue weighted by Crippen LogP contribution is 2.19. The van der Waals surface area contributed by atoms with E-state index >= 15 is 0 Å². The predicted octanol–water partition coefficient (Wildman–Crippen LogP) is 3.79. The van der Waals surface area contributed by atoms with E-state index in [1.807, 2.05) is 36.4 Å². The van der Waals surface area contributed by atoms with Gasteiger partial charge in [-0.2, -0.15) is 0 Å². The number of carbonyl (C=O) groups is 1. The summed E-state index contributed by atoms with van der Waals surface area (Å²) in [7, 11) is 0. The van der Waals surface area contributed by atoms with Crippen molar-refractivity contribution in [1.29, 1.82) is 0 Å². The Bertz CT molecular complexity index is 810. The van der Waals surface area contributed by atoms with E-state index in [-0.39, 0.29) is 5.91 Å². The van der Waals surface area contributed by atoms with Gasteiger partial charge in [0.25, 0.3) is 0 Å². The van der Waals surface area contributed by atoms with E-state index in [9.17, 15) is 4.79 Å². The molecule has 0 unspecified atom stereocenters. The average Bonchev–Trinajstić information content (AvgIpc) is 3.16. The summed E-state index contributed by atoms with van der Waals surface area (Å²) in [5.74, 6) is -0.0473. The Morgan fingerprint density at radius 3 is 2.56 bits per heavy atom. The summed E-state index contributed by atoms with van der Waals surface area (Å²) in [5.41, 5.74) is 3.85. The molecule has 5 heteroatoms. The first kappa shape index (κ1) is 16.9. The minimum absolute atomic E-state index is 0.0473. The highest BCUT2D eigenvalue weighted by atomic mass is 16.1. The summed E-state index contributed by atoms with van der Waals surface area (Å²) in [6, 6.07) is 15.8. The minimum Gasteiger partial charge on any atom is -0.324 e. The molecule has 0 aliphatic rings. The van der Waals surface area contributed by atoms with Crippen LogP contribution in [0.3, 0.4) is 0 Å². The Kier molecular flexibility index (Phi) is 5.57. The van der Waals surface area contributed by atoms with Gasteiger partial charge in [0.05, 0.1) is 30.2 Å². The van der Waals surface area contributed by atoms with Gasteiger partial charge in [-0.15, -0.1) is 5.10 Å². The van der Waals surface area contributed by atoms with Crippen LogP contribution in [-0.4, -0.2) is 20.9 Å². The quantitative estimate of drug-likeness (QED) is 0.715. The second-order valence-electron chi connectivity index (χ2n) is 6.01. The Hall–Kier alpha value is -2.95. The topological polar surface area (TPSA) is 59.8 Å². The molecule has 1 amide bonds. The Morgan fingerprint density at radius 1 is 1.08 bits per heavy atom. The first-order chi connectivity index (χ1) is 12.3. The van der Waals surface area contributed by atoms with Crippen molar-refractivity contribution in [2.75, 3.05) is 5.32 Å². The van der Waals surface area contributed by atoms with Gasteiger partial charge in [-0.05, 0) is 36.1 Å². The molecule has 0 aliphatic heterocycles. The highest BCUT2D eigenvalue weighted by molar-refractivity contribution is 5.94. The summed E-state index contributed by atoms with van der Waals surface area (Å²) in [5, 5.41) is 10.8. The molecule has 1 heterocycles. The van der Waals surface area contributed by atoms with Crippen molar-refractivity contribution in [3.05, 3.63) is 72.1 Å². The van der Waals surface area contributed by atoms with Crippen molar-refractivity contribution in [3.63, 3.8) is 0 Å². The molecule has 0 spiro atoms. The monoisotopic (exact) mass is 334 g/mol. The third-order valence-electron chi connectivity index (χ3n) is 4.05. The minimum atomic E-state index is -0.0473. The van der Waals surface area contributed by atoms with E-state index < -0.39 is 0 Å². The third kappa shape index (κ3) is 4.53. The number of aromatic nitrogens is 3. The van der Waals surface area contributed by atoms with Crippen molar-refractivity contribution in [2.24, 2.45) is 0 Å². The number of unbranched alkanes of at least 4 members (excludes halogenated alkanes) is 1. The van der Waals surface area contributed by atoms with Gasteiger partial charge in [0.2, 0.25) is 5.91 Å². The van der Waals surface area contributed by atoms with Gasteiger partial charge in [-0.25, -0.2) is 4.68 Å². The lowest BCUT2D eigenvalue weighted by Gasteiger charge is -2.11. The van der Waals surface area contributed by atoms with E-state index in [1.54, 1.807) is 17.1 Å². The second-order valence-corrected chi connectivity index (χ2v) is 6.01. The lowest BCUT2D eigenvalue weighted by atomic mass is 10.0. The van der Waals surface area contributed by atoms with E-state index in [4.69, 9.17) is 0 Å². The second kappa shape index (κ2) is 8.24. The van der Waals surface area contributed by atoms with Crippen LogP contribution in [0.4, 0.5) is 5.69 Å². The third-order valence-corrected chi connectivity index (χ3v) is 4.05. The Labute approximate surface area is 147 Å². The molecule has 0 bridgehead atoms.